The third-order valence-corrected chi connectivity index (χ3v) is 5.16. The lowest BCUT2D eigenvalue weighted by Gasteiger charge is -2.35. The fraction of sp³-hybridized carbons (Fsp3) is 0.455. The Kier molecular flexibility index (Phi) is 6.46. The summed E-state index contributed by atoms with van der Waals surface area (Å²) in [6.07, 6.45) is 1.04. The van der Waals surface area contributed by atoms with Crippen LogP contribution in [0.2, 0.25) is 0 Å². The van der Waals surface area contributed by atoms with Gasteiger partial charge in [0.05, 0.1) is 5.56 Å². The Bertz CT molecular complexity index is 872. The SMILES string of the molecule is Cc1cc(N2CCN(C(=O)CCc3ccc(C(=O)O)cc3)CC2)nc(C(C)C)n1. The van der Waals surface area contributed by atoms with Crippen LogP contribution < -0.4 is 4.90 Å². The Morgan fingerprint density at radius 3 is 2.31 bits per heavy atom. The molecule has 0 saturated carbocycles. The van der Waals surface area contributed by atoms with Crippen LogP contribution in [0, 0.1) is 6.92 Å². The molecule has 0 unspecified atom stereocenters. The molecule has 0 spiro atoms. The molecule has 0 radical (unpaired) electrons. The van der Waals surface area contributed by atoms with E-state index in [1.807, 2.05) is 17.9 Å². The average molecular weight is 396 g/mol. The molecule has 2 aromatic rings. The number of carbonyl (C=O) groups is 2. The molecule has 1 aromatic carbocycles. The van der Waals surface area contributed by atoms with Crippen molar-refractivity contribution in [3.8, 4) is 0 Å². The highest BCUT2D eigenvalue weighted by molar-refractivity contribution is 5.87. The summed E-state index contributed by atoms with van der Waals surface area (Å²) >= 11 is 0. The maximum absolute atomic E-state index is 12.6. The van der Waals surface area contributed by atoms with Gasteiger partial charge in [-0.3, -0.25) is 4.79 Å². The second-order valence-electron chi connectivity index (χ2n) is 7.75. The quantitative estimate of drug-likeness (QED) is 0.808. The molecule has 7 nitrogen and oxygen atoms in total. The summed E-state index contributed by atoms with van der Waals surface area (Å²) in [7, 11) is 0. The molecule has 0 aliphatic carbocycles. The number of hydrogen-bond acceptors (Lipinski definition) is 5. The first-order valence-electron chi connectivity index (χ1n) is 10.0. The van der Waals surface area contributed by atoms with E-state index in [2.05, 4.69) is 23.7 Å². The van der Waals surface area contributed by atoms with E-state index < -0.39 is 5.97 Å². The van der Waals surface area contributed by atoms with Gasteiger partial charge in [0, 0.05) is 50.3 Å². The Balaban J connectivity index is 1.52. The number of carboxylic acid groups (broad SMARTS) is 1. The zero-order chi connectivity index (χ0) is 21.0. The van der Waals surface area contributed by atoms with Crippen LogP contribution in [0.4, 0.5) is 5.82 Å². The van der Waals surface area contributed by atoms with Gasteiger partial charge in [-0.2, -0.15) is 0 Å². The lowest BCUT2D eigenvalue weighted by Crippen LogP contribution is -2.49. The van der Waals surface area contributed by atoms with Crippen molar-refractivity contribution >= 4 is 17.7 Å². The van der Waals surface area contributed by atoms with Gasteiger partial charge in [0.2, 0.25) is 5.91 Å². The summed E-state index contributed by atoms with van der Waals surface area (Å²) < 4.78 is 0. The predicted molar refractivity (Wildman–Crippen MR) is 111 cm³/mol. The number of carboxylic acids is 1. The van der Waals surface area contributed by atoms with Crippen LogP contribution in [0.3, 0.4) is 0 Å². The molecule has 7 heteroatoms. The highest BCUT2D eigenvalue weighted by Gasteiger charge is 2.22. The lowest BCUT2D eigenvalue weighted by atomic mass is 10.1. The molecule has 0 atom stereocenters. The molecule has 154 valence electrons. The van der Waals surface area contributed by atoms with Crippen molar-refractivity contribution in [2.75, 3.05) is 31.1 Å². The van der Waals surface area contributed by atoms with Crippen molar-refractivity contribution in [2.24, 2.45) is 0 Å². The van der Waals surface area contributed by atoms with E-state index in [-0.39, 0.29) is 17.4 Å². The molecule has 1 fully saturated rings. The van der Waals surface area contributed by atoms with Gasteiger partial charge >= 0.3 is 5.97 Å². The average Bonchev–Trinajstić information content (AvgIpc) is 2.72. The Labute approximate surface area is 171 Å². The minimum absolute atomic E-state index is 0.133. The number of hydrogen-bond donors (Lipinski definition) is 1. The summed E-state index contributed by atoms with van der Waals surface area (Å²) in [4.78, 5) is 36.8. The molecular weight excluding hydrogens is 368 g/mol. The van der Waals surface area contributed by atoms with Crippen LogP contribution in [0.15, 0.2) is 30.3 Å². The molecule has 1 amide bonds. The zero-order valence-corrected chi connectivity index (χ0v) is 17.3. The van der Waals surface area contributed by atoms with Gasteiger partial charge in [0.25, 0.3) is 0 Å². The van der Waals surface area contributed by atoms with Gasteiger partial charge in [-0.05, 0) is 31.0 Å². The normalized spacial score (nSPS) is 14.3. The van der Waals surface area contributed by atoms with E-state index in [4.69, 9.17) is 10.1 Å². The third-order valence-electron chi connectivity index (χ3n) is 5.16. The Morgan fingerprint density at radius 2 is 1.72 bits per heavy atom. The van der Waals surface area contributed by atoms with Gasteiger partial charge in [-0.1, -0.05) is 26.0 Å². The fourth-order valence-corrected chi connectivity index (χ4v) is 3.40. The maximum Gasteiger partial charge on any atom is 0.335 e. The summed E-state index contributed by atoms with van der Waals surface area (Å²) in [6.45, 7) is 9.03. The second-order valence-corrected chi connectivity index (χ2v) is 7.75. The molecule has 1 aliphatic rings. The van der Waals surface area contributed by atoms with E-state index in [1.54, 1.807) is 24.3 Å². The topological polar surface area (TPSA) is 86.6 Å². The summed E-state index contributed by atoms with van der Waals surface area (Å²) in [5.74, 6) is 1.26. The zero-order valence-electron chi connectivity index (χ0n) is 17.3. The molecule has 0 bridgehead atoms. The van der Waals surface area contributed by atoms with Crippen LogP contribution in [0.25, 0.3) is 0 Å². The minimum atomic E-state index is -0.940. The lowest BCUT2D eigenvalue weighted by molar-refractivity contribution is -0.131. The number of piperazine rings is 1. The first-order valence-corrected chi connectivity index (χ1v) is 10.0. The smallest absolute Gasteiger partial charge is 0.335 e. The van der Waals surface area contributed by atoms with Gasteiger partial charge in [-0.15, -0.1) is 0 Å². The van der Waals surface area contributed by atoms with E-state index >= 15 is 0 Å². The summed E-state index contributed by atoms with van der Waals surface area (Å²) in [6, 6.07) is 8.72. The molecule has 1 N–H and O–H groups in total. The van der Waals surface area contributed by atoms with Crippen molar-refractivity contribution in [3.63, 3.8) is 0 Å². The number of carbonyl (C=O) groups excluding carboxylic acids is 1. The largest absolute Gasteiger partial charge is 0.478 e. The fourth-order valence-electron chi connectivity index (χ4n) is 3.40. The number of benzene rings is 1. The number of anilines is 1. The third kappa shape index (κ3) is 5.31. The highest BCUT2D eigenvalue weighted by Crippen LogP contribution is 2.19. The molecular formula is C22H28N4O3. The van der Waals surface area contributed by atoms with E-state index in [0.717, 1.165) is 36.0 Å². The minimum Gasteiger partial charge on any atom is -0.478 e. The van der Waals surface area contributed by atoms with Crippen molar-refractivity contribution in [1.29, 1.82) is 0 Å². The monoisotopic (exact) mass is 396 g/mol. The maximum atomic E-state index is 12.6. The number of aromatic nitrogens is 2. The van der Waals surface area contributed by atoms with E-state index in [0.29, 0.717) is 25.9 Å². The van der Waals surface area contributed by atoms with Gasteiger partial charge in [0.15, 0.2) is 0 Å². The summed E-state index contributed by atoms with van der Waals surface area (Å²) in [5, 5.41) is 8.95. The first kappa shape index (κ1) is 20.8. The molecule has 1 saturated heterocycles. The number of amides is 1. The molecule has 1 aromatic heterocycles. The Hall–Kier alpha value is -2.96. The number of aryl methyl sites for hydroxylation is 2. The first-order chi connectivity index (χ1) is 13.8. The van der Waals surface area contributed by atoms with E-state index in [1.165, 1.54) is 0 Å². The van der Waals surface area contributed by atoms with Crippen molar-refractivity contribution in [1.82, 2.24) is 14.9 Å². The molecule has 3 rings (SSSR count). The number of nitrogens with zero attached hydrogens (tertiary/aromatic N) is 4. The van der Waals surface area contributed by atoms with Crippen molar-refractivity contribution in [3.05, 3.63) is 53.0 Å². The van der Waals surface area contributed by atoms with Crippen LogP contribution in [-0.2, 0) is 11.2 Å². The standard InChI is InChI=1S/C22H28N4O3/c1-15(2)21-23-16(3)14-19(24-21)25-10-12-26(13-11-25)20(27)9-6-17-4-7-18(8-5-17)22(28)29/h4-5,7-8,14-15H,6,9-13H2,1-3H3,(H,28,29). The predicted octanol–water partition coefficient (Wildman–Crippen LogP) is 2.89. The van der Waals surface area contributed by atoms with E-state index in [9.17, 15) is 9.59 Å². The molecule has 2 heterocycles. The van der Waals surface area contributed by atoms with Crippen molar-refractivity contribution < 1.29 is 14.7 Å². The van der Waals surface area contributed by atoms with Crippen LogP contribution in [0.5, 0.6) is 0 Å². The van der Waals surface area contributed by atoms with Gasteiger partial charge in [0.1, 0.15) is 11.6 Å². The summed E-state index contributed by atoms with van der Waals surface area (Å²) in [5.41, 5.74) is 2.20. The van der Waals surface area contributed by atoms with Gasteiger partial charge in [-0.25, -0.2) is 14.8 Å². The van der Waals surface area contributed by atoms with Crippen molar-refractivity contribution in [2.45, 2.75) is 39.5 Å². The van der Waals surface area contributed by atoms with Crippen LogP contribution in [-0.4, -0.2) is 58.0 Å². The highest BCUT2D eigenvalue weighted by atomic mass is 16.4. The Morgan fingerprint density at radius 1 is 1.07 bits per heavy atom. The van der Waals surface area contributed by atoms with Crippen LogP contribution >= 0.6 is 0 Å². The molecule has 1 aliphatic heterocycles. The second kappa shape index (κ2) is 9.03. The number of rotatable bonds is 6. The van der Waals surface area contributed by atoms with Crippen LogP contribution in [0.1, 0.15) is 53.6 Å². The molecule has 29 heavy (non-hydrogen) atoms. The van der Waals surface area contributed by atoms with Gasteiger partial charge < -0.3 is 14.9 Å². The number of aromatic carboxylic acids is 1.